The molecule has 1 atom stereocenters. The molecule has 0 saturated heterocycles. The predicted octanol–water partition coefficient (Wildman–Crippen LogP) is 7.10. The van der Waals surface area contributed by atoms with E-state index in [9.17, 15) is 0 Å². The molecule has 0 heterocycles. The molecule has 2 heteroatoms. The zero-order valence-electron chi connectivity index (χ0n) is 14.8. The van der Waals surface area contributed by atoms with E-state index in [1.54, 1.807) is 0 Å². The van der Waals surface area contributed by atoms with Crippen LogP contribution >= 0.6 is 11.6 Å². The van der Waals surface area contributed by atoms with Crippen LogP contribution in [-0.4, -0.2) is 6.61 Å². The van der Waals surface area contributed by atoms with Crippen molar-refractivity contribution in [2.24, 2.45) is 0 Å². The van der Waals surface area contributed by atoms with Gasteiger partial charge in [0.25, 0.3) is 0 Å². The van der Waals surface area contributed by atoms with Crippen LogP contribution in [-0.2, 0) is 0 Å². The van der Waals surface area contributed by atoms with E-state index in [-0.39, 0.29) is 0 Å². The van der Waals surface area contributed by atoms with Gasteiger partial charge in [0.05, 0.1) is 6.61 Å². The maximum atomic E-state index is 6.40. The highest BCUT2D eigenvalue weighted by Gasteiger charge is 2.20. The van der Waals surface area contributed by atoms with Gasteiger partial charge in [0.1, 0.15) is 5.75 Å². The van der Waals surface area contributed by atoms with Gasteiger partial charge in [-0.25, -0.2) is 0 Å². The van der Waals surface area contributed by atoms with Crippen molar-refractivity contribution in [3.8, 4) is 5.75 Å². The Morgan fingerprint density at radius 2 is 1.77 bits per heavy atom. The zero-order valence-corrected chi connectivity index (χ0v) is 15.5. The molecule has 1 aromatic carbocycles. The summed E-state index contributed by atoms with van der Waals surface area (Å²) in [5.74, 6) is 1.95. The van der Waals surface area contributed by atoms with E-state index in [4.69, 9.17) is 16.3 Å². The number of ether oxygens (including phenoxy) is 1. The molecule has 1 nitrogen and oxygen atoms in total. The lowest BCUT2D eigenvalue weighted by molar-refractivity contribution is 0.328. The number of rotatable bonds is 9. The topological polar surface area (TPSA) is 9.23 Å². The Labute approximate surface area is 141 Å². The number of hydrogen-bond acceptors (Lipinski definition) is 1. The first-order valence-corrected chi connectivity index (χ1v) is 9.03. The fraction of sp³-hybridized carbons (Fsp3) is 0.600. The highest BCUT2D eigenvalue weighted by atomic mass is 35.5. The van der Waals surface area contributed by atoms with Gasteiger partial charge < -0.3 is 4.74 Å². The van der Waals surface area contributed by atoms with Crippen molar-refractivity contribution in [3.05, 3.63) is 40.4 Å². The van der Waals surface area contributed by atoms with Crippen molar-refractivity contribution in [1.29, 1.82) is 0 Å². The molecule has 0 spiro atoms. The van der Waals surface area contributed by atoms with Crippen LogP contribution in [0.3, 0.4) is 0 Å². The molecule has 0 bridgehead atoms. The molecule has 0 aliphatic heterocycles. The lowest BCUT2D eigenvalue weighted by atomic mass is 9.87. The molecule has 0 aliphatic rings. The highest BCUT2D eigenvalue weighted by Crippen LogP contribution is 2.40. The van der Waals surface area contributed by atoms with Crippen LogP contribution in [0.2, 0.25) is 5.02 Å². The van der Waals surface area contributed by atoms with Crippen molar-refractivity contribution in [2.45, 2.75) is 72.1 Å². The fourth-order valence-electron chi connectivity index (χ4n) is 2.86. The van der Waals surface area contributed by atoms with Gasteiger partial charge in [-0.3, -0.25) is 0 Å². The summed E-state index contributed by atoms with van der Waals surface area (Å²) in [6.07, 6.45) is 9.01. The molecule has 0 radical (unpaired) electrons. The van der Waals surface area contributed by atoms with E-state index < -0.39 is 0 Å². The van der Waals surface area contributed by atoms with Crippen LogP contribution in [0.4, 0.5) is 0 Å². The van der Waals surface area contributed by atoms with Gasteiger partial charge in [0.15, 0.2) is 0 Å². The van der Waals surface area contributed by atoms with Gasteiger partial charge in [-0.1, -0.05) is 57.9 Å². The smallest absolute Gasteiger partial charge is 0.126 e. The van der Waals surface area contributed by atoms with Gasteiger partial charge in [-0.2, -0.15) is 0 Å². The van der Waals surface area contributed by atoms with E-state index in [0.29, 0.717) is 18.4 Å². The second-order valence-electron chi connectivity index (χ2n) is 6.10. The zero-order chi connectivity index (χ0) is 16.5. The Balaban J connectivity index is 3.29. The SMILES string of the molecule is CC/C=C\CC(CCC)c1cc(Cl)cc(C(C)C)c1OCC. The summed E-state index contributed by atoms with van der Waals surface area (Å²) in [5.41, 5.74) is 2.51. The second-order valence-corrected chi connectivity index (χ2v) is 6.54. The molecular weight excluding hydrogens is 292 g/mol. The van der Waals surface area contributed by atoms with E-state index in [1.807, 2.05) is 6.92 Å². The summed E-state index contributed by atoms with van der Waals surface area (Å²) < 4.78 is 6.04. The van der Waals surface area contributed by atoms with Crippen molar-refractivity contribution < 1.29 is 4.74 Å². The van der Waals surface area contributed by atoms with Crippen LogP contribution in [0.5, 0.6) is 5.75 Å². The first-order valence-electron chi connectivity index (χ1n) is 8.66. The van der Waals surface area contributed by atoms with Gasteiger partial charge in [0.2, 0.25) is 0 Å². The summed E-state index contributed by atoms with van der Waals surface area (Å²) in [6.45, 7) is 11.6. The number of benzene rings is 1. The first-order chi connectivity index (χ1) is 10.5. The average molecular weight is 323 g/mol. The third-order valence-corrected chi connectivity index (χ3v) is 4.14. The minimum atomic E-state index is 0.410. The maximum Gasteiger partial charge on any atom is 0.126 e. The predicted molar refractivity (Wildman–Crippen MR) is 98.4 cm³/mol. The molecule has 0 aliphatic carbocycles. The average Bonchev–Trinajstić information content (AvgIpc) is 2.48. The van der Waals surface area contributed by atoms with Crippen LogP contribution in [0, 0.1) is 0 Å². The van der Waals surface area contributed by atoms with Crippen LogP contribution in [0.1, 0.15) is 83.3 Å². The standard InChI is InChI=1S/C20H31ClO/c1-6-9-10-12-16(11-7-2)19-14-17(21)13-18(15(4)5)20(19)22-8-3/h9-10,13-16H,6-8,11-12H2,1-5H3/b10-9-. The van der Waals surface area contributed by atoms with E-state index in [1.165, 1.54) is 17.5 Å². The number of halogens is 1. The summed E-state index contributed by atoms with van der Waals surface area (Å²) in [4.78, 5) is 0. The molecule has 1 aromatic rings. The first kappa shape index (κ1) is 19.1. The molecule has 1 unspecified atom stereocenters. The van der Waals surface area contributed by atoms with Crippen LogP contribution < -0.4 is 4.74 Å². The largest absolute Gasteiger partial charge is 0.493 e. The monoisotopic (exact) mass is 322 g/mol. The van der Waals surface area contributed by atoms with E-state index in [2.05, 4.69) is 52.0 Å². The van der Waals surface area contributed by atoms with E-state index in [0.717, 1.165) is 30.0 Å². The normalized spacial score (nSPS) is 13.0. The van der Waals surface area contributed by atoms with E-state index >= 15 is 0 Å². The molecule has 124 valence electrons. The molecule has 0 aromatic heterocycles. The third-order valence-electron chi connectivity index (χ3n) is 3.92. The fourth-order valence-corrected chi connectivity index (χ4v) is 3.09. The molecule has 0 amide bonds. The van der Waals surface area contributed by atoms with Gasteiger partial charge >= 0.3 is 0 Å². The lowest BCUT2D eigenvalue weighted by Gasteiger charge is -2.23. The summed E-state index contributed by atoms with van der Waals surface area (Å²) >= 11 is 6.40. The Hall–Kier alpha value is -0.950. The Morgan fingerprint density at radius 3 is 2.32 bits per heavy atom. The van der Waals surface area contributed by atoms with Crippen molar-refractivity contribution in [3.63, 3.8) is 0 Å². The van der Waals surface area contributed by atoms with Gasteiger partial charge in [-0.05, 0) is 61.3 Å². The van der Waals surface area contributed by atoms with Crippen LogP contribution in [0.15, 0.2) is 24.3 Å². The van der Waals surface area contributed by atoms with Crippen LogP contribution in [0.25, 0.3) is 0 Å². The summed E-state index contributed by atoms with van der Waals surface area (Å²) in [6, 6.07) is 4.17. The molecule has 22 heavy (non-hydrogen) atoms. The Kier molecular flexibility index (Phi) is 8.63. The molecule has 1 rings (SSSR count). The quantitative estimate of drug-likeness (QED) is 0.440. The highest BCUT2D eigenvalue weighted by molar-refractivity contribution is 6.30. The second kappa shape index (κ2) is 9.94. The van der Waals surface area contributed by atoms with Crippen molar-refractivity contribution in [1.82, 2.24) is 0 Å². The Morgan fingerprint density at radius 1 is 1.09 bits per heavy atom. The minimum Gasteiger partial charge on any atom is -0.493 e. The minimum absolute atomic E-state index is 0.410. The number of allylic oxidation sites excluding steroid dienone is 2. The summed E-state index contributed by atoms with van der Waals surface area (Å²) in [7, 11) is 0. The molecule has 0 fully saturated rings. The van der Waals surface area contributed by atoms with Gasteiger partial charge in [-0.15, -0.1) is 0 Å². The van der Waals surface area contributed by atoms with Crippen molar-refractivity contribution >= 4 is 11.6 Å². The maximum absolute atomic E-state index is 6.40. The third kappa shape index (κ3) is 5.35. The van der Waals surface area contributed by atoms with Crippen molar-refractivity contribution in [2.75, 3.05) is 6.61 Å². The Bertz CT molecular complexity index is 477. The lowest BCUT2D eigenvalue weighted by Crippen LogP contribution is -2.07. The van der Waals surface area contributed by atoms with Gasteiger partial charge in [0, 0.05) is 5.02 Å². The molecular formula is C20H31ClO. The molecule has 0 N–H and O–H groups in total. The number of hydrogen-bond donors (Lipinski definition) is 0. The molecule has 0 saturated carbocycles. The summed E-state index contributed by atoms with van der Waals surface area (Å²) in [5, 5.41) is 0.822.